The largest absolute Gasteiger partial charge is 0.342 e. The molecule has 2 amide bonds. The van der Waals surface area contributed by atoms with E-state index in [2.05, 4.69) is 26.1 Å². The first-order valence-electron chi connectivity index (χ1n) is 7.93. The van der Waals surface area contributed by atoms with Gasteiger partial charge < -0.3 is 10.2 Å². The van der Waals surface area contributed by atoms with Gasteiger partial charge in [0.05, 0.1) is 0 Å². The van der Waals surface area contributed by atoms with Crippen molar-refractivity contribution in [3.63, 3.8) is 0 Å². The number of amides is 2. The Hall–Kier alpha value is -1.06. The van der Waals surface area contributed by atoms with E-state index >= 15 is 0 Å². The van der Waals surface area contributed by atoms with Gasteiger partial charge in [0, 0.05) is 6.04 Å². The average Bonchev–Trinajstić information content (AvgIpc) is 2.28. The van der Waals surface area contributed by atoms with Gasteiger partial charge in [0.2, 0.25) is 11.8 Å². The number of hydrogen-bond donors (Lipinski definition) is 1. The molecule has 114 valence electrons. The Kier molecular flexibility index (Phi) is 4.40. The van der Waals surface area contributed by atoms with Gasteiger partial charge in [-0.2, -0.15) is 0 Å². The fourth-order valence-electron chi connectivity index (χ4n) is 3.51. The Labute approximate surface area is 122 Å². The van der Waals surface area contributed by atoms with Crippen molar-refractivity contribution in [2.75, 3.05) is 0 Å². The molecule has 2 aliphatic rings. The summed E-state index contributed by atoms with van der Waals surface area (Å²) in [6.45, 7) is 10.4. The van der Waals surface area contributed by atoms with Crippen molar-refractivity contribution in [1.82, 2.24) is 10.2 Å². The summed E-state index contributed by atoms with van der Waals surface area (Å²) in [4.78, 5) is 27.1. The lowest BCUT2D eigenvalue weighted by atomic mass is 9.78. The number of hydrogen-bond acceptors (Lipinski definition) is 2. The molecule has 0 aromatic heterocycles. The predicted molar refractivity (Wildman–Crippen MR) is 79.0 cm³/mol. The molecule has 0 spiro atoms. The van der Waals surface area contributed by atoms with Crippen LogP contribution in [-0.4, -0.2) is 34.8 Å². The summed E-state index contributed by atoms with van der Waals surface area (Å²) in [7, 11) is 0. The van der Waals surface area contributed by atoms with Crippen molar-refractivity contribution < 1.29 is 9.59 Å². The molecule has 1 aliphatic heterocycles. The lowest BCUT2D eigenvalue weighted by Crippen LogP contribution is -2.68. The summed E-state index contributed by atoms with van der Waals surface area (Å²) in [5.74, 6) is 1.41. The van der Waals surface area contributed by atoms with Crippen molar-refractivity contribution in [3.05, 3.63) is 0 Å². The van der Waals surface area contributed by atoms with E-state index in [0.29, 0.717) is 11.8 Å². The monoisotopic (exact) mass is 280 g/mol. The molecule has 0 radical (unpaired) electrons. The predicted octanol–water partition coefficient (Wildman–Crippen LogP) is 2.18. The number of carbonyl (C=O) groups is 2. The Morgan fingerprint density at radius 1 is 1.20 bits per heavy atom. The molecule has 2 rings (SSSR count). The number of piperazine rings is 1. The van der Waals surface area contributed by atoms with Crippen molar-refractivity contribution in [3.8, 4) is 0 Å². The van der Waals surface area contributed by atoms with Crippen molar-refractivity contribution in [1.29, 1.82) is 0 Å². The van der Waals surface area contributed by atoms with Crippen LogP contribution in [0.15, 0.2) is 0 Å². The molecular weight excluding hydrogens is 252 g/mol. The number of carbonyl (C=O) groups excluding carboxylic acids is 2. The van der Waals surface area contributed by atoms with E-state index < -0.39 is 0 Å². The lowest BCUT2D eigenvalue weighted by molar-refractivity contribution is -0.158. The minimum absolute atomic E-state index is 0.0322. The van der Waals surface area contributed by atoms with Crippen LogP contribution < -0.4 is 5.32 Å². The van der Waals surface area contributed by atoms with Crippen LogP contribution in [0.5, 0.6) is 0 Å². The van der Waals surface area contributed by atoms with E-state index in [1.54, 1.807) is 0 Å². The average molecular weight is 280 g/mol. The maximum absolute atomic E-state index is 12.8. The summed E-state index contributed by atoms with van der Waals surface area (Å²) >= 11 is 0. The molecule has 0 aromatic carbocycles. The Balaban J connectivity index is 2.20. The van der Waals surface area contributed by atoms with Crippen LogP contribution >= 0.6 is 0 Å². The molecule has 20 heavy (non-hydrogen) atoms. The van der Waals surface area contributed by atoms with E-state index in [4.69, 9.17) is 0 Å². The first kappa shape index (κ1) is 15.3. The highest BCUT2D eigenvalue weighted by Gasteiger charge is 2.47. The molecule has 0 bridgehead atoms. The van der Waals surface area contributed by atoms with E-state index in [1.807, 2.05) is 18.7 Å². The highest BCUT2D eigenvalue weighted by atomic mass is 16.2. The smallest absolute Gasteiger partial charge is 0.246 e. The summed E-state index contributed by atoms with van der Waals surface area (Å²) in [5, 5.41) is 2.94. The first-order chi connectivity index (χ1) is 9.31. The third-order valence-corrected chi connectivity index (χ3v) is 4.52. The van der Waals surface area contributed by atoms with Crippen LogP contribution in [0.1, 0.15) is 53.9 Å². The highest BCUT2D eigenvalue weighted by Crippen LogP contribution is 2.35. The second-order valence-electron chi connectivity index (χ2n) is 7.36. The maximum Gasteiger partial charge on any atom is 0.246 e. The van der Waals surface area contributed by atoms with Crippen LogP contribution in [0.4, 0.5) is 0 Å². The number of nitrogens with zero attached hydrogens (tertiary/aromatic N) is 1. The Morgan fingerprint density at radius 2 is 1.80 bits per heavy atom. The van der Waals surface area contributed by atoms with Gasteiger partial charge in [-0.05, 0) is 37.0 Å². The minimum atomic E-state index is -0.326. The molecule has 1 saturated heterocycles. The molecule has 1 N–H and O–H groups in total. The van der Waals surface area contributed by atoms with E-state index in [0.717, 1.165) is 19.3 Å². The number of rotatable bonds is 4. The van der Waals surface area contributed by atoms with E-state index in [-0.39, 0.29) is 35.9 Å². The second-order valence-corrected chi connectivity index (χ2v) is 7.36. The van der Waals surface area contributed by atoms with Crippen LogP contribution in [0.2, 0.25) is 0 Å². The fourth-order valence-corrected chi connectivity index (χ4v) is 3.51. The zero-order valence-corrected chi connectivity index (χ0v) is 13.3. The van der Waals surface area contributed by atoms with Crippen LogP contribution in [-0.2, 0) is 9.59 Å². The normalized spacial score (nSPS) is 34.5. The molecule has 0 aromatic rings. The molecule has 4 nitrogen and oxygen atoms in total. The zero-order chi connectivity index (χ0) is 15.0. The third kappa shape index (κ3) is 2.84. The third-order valence-electron chi connectivity index (χ3n) is 4.52. The first-order valence-corrected chi connectivity index (χ1v) is 7.93. The molecule has 2 unspecified atom stereocenters. The highest BCUT2D eigenvalue weighted by molar-refractivity contribution is 5.97. The van der Waals surface area contributed by atoms with E-state index in [1.165, 1.54) is 0 Å². The van der Waals surface area contributed by atoms with Crippen molar-refractivity contribution in [2.45, 2.75) is 72.0 Å². The molecular formula is C16H28N2O2. The summed E-state index contributed by atoms with van der Waals surface area (Å²) in [6.07, 6.45) is 2.81. The standard InChI is InChI=1S/C16H28N2O2/c1-9(2)6-13-16(20)18(12-7-11(5)8-12)14(10(3)4)15(19)17-13/h9-14H,6-8H2,1-5H3,(H,17,19). The van der Waals surface area contributed by atoms with Gasteiger partial charge in [0.15, 0.2) is 0 Å². The SMILES string of the molecule is CC(C)CC1NC(=O)C(C(C)C)N(C2CC(C)C2)C1=O. The molecule has 4 heteroatoms. The second kappa shape index (κ2) is 5.74. The molecule has 1 heterocycles. The van der Waals surface area contributed by atoms with Crippen LogP contribution in [0.25, 0.3) is 0 Å². The van der Waals surface area contributed by atoms with Gasteiger partial charge in [0.1, 0.15) is 12.1 Å². The molecule has 1 saturated carbocycles. The summed E-state index contributed by atoms with van der Waals surface area (Å²) in [5.41, 5.74) is 0. The Bertz CT molecular complexity index is 386. The summed E-state index contributed by atoms with van der Waals surface area (Å²) < 4.78 is 0. The van der Waals surface area contributed by atoms with E-state index in [9.17, 15) is 9.59 Å². The fraction of sp³-hybridized carbons (Fsp3) is 0.875. The van der Waals surface area contributed by atoms with Crippen molar-refractivity contribution in [2.24, 2.45) is 17.8 Å². The van der Waals surface area contributed by atoms with Gasteiger partial charge in [-0.15, -0.1) is 0 Å². The van der Waals surface area contributed by atoms with Crippen LogP contribution in [0, 0.1) is 17.8 Å². The van der Waals surface area contributed by atoms with Gasteiger partial charge in [0.25, 0.3) is 0 Å². The molecule has 1 aliphatic carbocycles. The van der Waals surface area contributed by atoms with Crippen molar-refractivity contribution >= 4 is 11.8 Å². The molecule has 2 atom stereocenters. The molecule has 2 fully saturated rings. The maximum atomic E-state index is 12.8. The minimum Gasteiger partial charge on any atom is -0.342 e. The number of nitrogens with one attached hydrogen (secondary N) is 1. The zero-order valence-electron chi connectivity index (χ0n) is 13.3. The van der Waals surface area contributed by atoms with Gasteiger partial charge >= 0.3 is 0 Å². The van der Waals surface area contributed by atoms with Gasteiger partial charge in [-0.1, -0.05) is 34.6 Å². The van der Waals surface area contributed by atoms with Crippen LogP contribution in [0.3, 0.4) is 0 Å². The summed E-state index contributed by atoms with van der Waals surface area (Å²) in [6, 6.07) is -0.345. The Morgan fingerprint density at radius 3 is 2.25 bits per heavy atom. The van der Waals surface area contributed by atoms with Gasteiger partial charge in [-0.3, -0.25) is 9.59 Å². The van der Waals surface area contributed by atoms with Gasteiger partial charge in [-0.25, -0.2) is 0 Å². The topological polar surface area (TPSA) is 49.4 Å². The lowest BCUT2D eigenvalue weighted by Gasteiger charge is -2.50. The quantitative estimate of drug-likeness (QED) is 0.858.